The van der Waals surface area contributed by atoms with Crippen LogP contribution in [-0.2, 0) is 16.1 Å². The number of amides is 2. The Bertz CT molecular complexity index is 817. The molecule has 22 heavy (non-hydrogen) atoms. The normalized spacial score (nSPS) is 15.0. The number of carbonyl (C=O) groups is 2. The van der Waals surface area contributed by atoms with E-state index in [2.05, 4.69) is 10.3 Å². The molecule has 114 valence electrons. The van der Waals surface area contributed by atoms with Gasteiger partial charge in [-0.2, -0.15) is 0 Å². The van der Waals surface area contributed by atoms with Gasteiger partial charge < -0.3 is 10.2 Å². The van der Waals surface area contributed by atoms with E-state index in [1.807, 2.05) is 0 Å². The maximum absolute atomic E-state index is 12.4. The van der Waals surface area contributed by atoms with Gasteiger partial charge in [-0.3, -0.25) is 19.0 Å². The zero-order valence-corrected chi connectivity index (χ0v) is 12.3. The predicted octanol–water partition coefficient (Wildman–Crippen LogP) is 0.00830. The highest BCUT2D eigenvalue weighted by molar-refractivity contribution is 6.31. The molecule has 0 saturated carbocycles. The molecule has 0 spiro atoms. The third-order valence-corrected chi connectivity index (χ3v) is 3.72. The third-order valence-electron chi connectivity index (χ3n) is 3.48. The van der Waals surface area contributed by atoms with Gasteiger partial charge in [0.05, 0.1) is 23.8 Å². The number of benzene rings is 1. The summed E-state index contributed by atoms with van der Waals surface area (Å²) in [5, 5.41) is 3.44. The standard InChI is InChI=1S/C14H13ClN4O3/c15-9-1-2-11-10(5-9)14(22)19(8-17-11)7-13(21)18-4-3-16-12(20)6-18/h1-2,5,8H,3-4,6-7H2,(H,16,20). The smallest absolute Gasteiger partial charge is 0.261 e. The molecule has 1 N–H and O–H groups in total. The Morgan fingerprint density at radius 3 is 2.95 bits per heavy atom. The molecule has 0 bridgehead atoms. The summed E-state index contributed by atoms with van der Waals surface area (Å²) in [5.74, 6) is -0.490. The van der Waals surface area contributed by atoms with Crippen molar-refractivity contribution in [2.45, 2.75) is 6.54 Å². The molecule has 2 aromatic rings. The minimum Gasteiger partial charge on any atom is -0.353 e. The zero-order chi connectivity index (χ0) is 15.7. The van der Waals surface area contributed by atoms with Crippen molar-refractivity contribution in [3.63, 3.8) is 0 Å². The number of hydrogen-bond donors (Lipinski definition) is 1. The lowest BCUT2D eigenvalue weighted by atomic mass is 10.2. The van der Waals surface area contributed by atoms with E-state index < -0.39 is 0 Å². The number of rotatable bonds is 2. The van der Waals surface area contributed by atoms with Crippen molar-refractivity contribution in [1.82, 2.24) is 19.8 Å². The lowest BCUT2D eigenvalue weighted by Gasteiger charge is -2.26. The number of carbonyl (C=O) groups excluding carboxylic acids is 2. The van der Waals surface area contributed by atoms with Gasteiger partial charge in [-0.25, -0.2) is 4.98 Å². The van der Waals surface area contributed by atoms with Crippen LogP contribution in [0.15, 0.2) is 29.3 Å². The molecule has 2 heterocycles. The van der Waals surface area contributed by atoms with Crippen molar-refractivity contribution in [3.8, 4) is 0 Å². The number of piperazine rings is 1. The number of halogens is 1. The minimum atomic E-state index is -0.331. The lowest BCUT2D eigenvalue weighted by Crippen LogP contribution is -2.51. The van der Waals surface area contributed by atoms with Crippen molar-refractivity contribution < 1.29 is 9.59 Å². The molecule has 1 aromatic heterocycles. The average Bonchev–Trinajstić information content (AvgIpc) is 2.50. The summed E-state index contributed by atoms with van der Waals surface area (Å²) in [6, 6.07) is 4.83. The molecule has 7 nitrogen and oxygen atoms in total. The van der Waals surface area contributed by atoms with Gasteiger partial charge in [-0.05, 0) is 18.2 Å². The number of aromatic nitrogens is 2. The molecule has 1 aliphatic heterocycles. The molecule has 0 unspecified atom stereocenters. The highest BCUT2D eigenvalue weighted by Crippen LogP contribution is 2.14. The van der Waals surface area contributed by atoms with Gasteiger partial charge in [0, 0.05) is 18.1 Å². The van der Waals surface area contributed by atoms with E-state index in [0.29, 0.717) is 29.0 Å². The van der Waals surface area contributed by atoms with Crippen LogP contribution in [0.5, 0.6) is 0 Å². The maximum Gasteiger partial charge on any atom is 0.261 e. The first-order chi connectivity index (χ1) is 10.5. The Kier molecular flexibility index (Phi) is 3.81. The third kappa shape index (κ3) is 2.80. The van der Waals surface area contributed by atoms with E-state index in [1.165, 1.54) is 21.9 Å². The molecule has 2 amide bonds. The van der Waals surface area contributed by atoms with E-state index in [0.717, 1.165) is 0 Å². The van der Waals surface area contributed by atoms with Crippen molar-refractivity contribution in [3.05, 3.63) is 39.9 Å². The van der Waals surface area contributed by atoms with Crippen LogP contribution in [-0.4, -0.2) is 45.9 Å². The number of nitrogens with one attached hydrogen (secondary N) is 1. The predicted molar refractivity (Wildman–Crippen MR) is 80.6 cm³/mol. The zero-order valence-electron chi connectivity index (χ0n) is 11.6. The van der Waals surface area contributed by atoms with Gasteiger partial charge in [-0.15, -0.1) is 0 Å². The Morgan fingerprint density at radius 1 is 1.36 bits per heavy atom. The summed E-state index contributed by atoms with van der Waals surface area (Å²) < 4.78 is 1.23. The minimum absolute atomic E-state index is 0.0143. The fraction of sp³-hybridized carbons (Fsp3) is 0.286. The van der Waals surface area contributed by atoms with Gasteiger partial charge in [0.1, 0.15) is 6.54 Å². The summed E-state index contributed by atoms with van der Waals surface area (Å²) in [4.78, 5) is 41.5. The summed E-state index contributed by atoms with van der Waals surface area (Å²) in [7, 11) is 0. The van der Waals surface area contributed by atoms with Crippen LogP contribution in [0.25, 0.3) is 10.9 Å². The Hall–Kier alpha value is -2.41. The van der Waals surface area contributed by atoms with Crippen LogP contribution in [0.1, 0.15) is 0 Å². The van der Waals surface area contributed by atoms with E-state index in [9.17, 15) is 14.4 Å². The molecule has 1 saturated heterocycles. The molecule has 1 aromatic carbocycles. The molecule has 3 rings (SSSR count). The number of fused-ring (bicyclic) bond motifs is 1. The second-order valence-corrected chi connectivity index (χ2v) is 5.44. The van der Waals surface area contributed by atoms with Gasteiger partial charge in [0.2, 0.25) is 11.8 Å². The topological polar surface area (TPSA) is 84.3 Å². The number of nitrogens with zero attached hydrogens (tertiary/aromatic N) is 3. The molecule has 1 fully saturated rings. The lowest BCUT2D eigenvalue weighted by molar-refractivity contribution is -0.138. The van der Waals surface area contributed by atoms with Crippen molar-refractivity contribution >= 4 is 34.3 Å². The number of hydrogen-bond acceptors (Lipinski definition) is 4. The van der Waals surface area contributed by atoms with Crippen molar-refractivity contribution in [1.29, 1.82) is 0 Å². The van der Waals surface area contributed by atoms with Gasteiger partial charge in [0.25, 0.3) is 5.56 Å². The first-order valence-corrected chi connectivity index (χ1v) is 7.11. The molecular formula is C14H13ClN4O3. The van der Waals surface area contributed by atoms with Crippen LogP contribution in [0.4, 0.5) is 0 Å². The first kappa shape index (κ1) is 14.5. The van der Waals surface area contributed by atoms with E-state index in [4.69, 9.17) is 11.6 Å². The maximum atomic E-state index is 12.4. The first-order valence-electron chi connectivity index (χ1n) is 6.74. The molecular weight excluding hydrogens is 308 g/mol. The average molecular weight is 321 g/mol. The summed E-state index contributed by atoms with van der Waals surface area (Å²) in [6.45, 7) is 0.721. The van der Waals surface area contributed by atoms with E-state index in [1.54, 1.807) is 12.1 Å². The molecule has 0 atom stereocenters. The molecule has 8 heteroatoms. The Labute approximate surface area is 130 Å². The van der Waals surface area contributed by atoms with Crippen LogP contribution in [0.3, 0.4) is 0 Å². The van der Waals surface area contributed by atoms with E-state index >= 15 is 0 Å². The van der Waals surface area contributed by atoms with Gasteiger partial charge >= 0.3 is 0 Å². The molecule has 0 radical (unpaired) electrons. The quantitative estimate of drug-likeness (QED) is 0.844. The highest BCUT2D eigenvalue weighted by Gasteiger charge is 2.21. The summed E-state index contributed by atoms with van der Waals surface area (Å²) >= 11 is 5.89. The van der Waals surface area contributed by atoms with Crippen LogP contribution in [0, 0.1) is 0 Å². The second-order valence-electron chi connectivity index (χ2n) is 5.00. The monoisotopic (exact) mass is 320 g/mol. The summed E-state index contributed by atoms with van der Waals surface area (Å²) in [5.41, 5.74) is 0.192. The van der Waals surface area contributed by atoms with Gasteiger partial charge in [0.15, 0.2) is 0 Å². The Balaban J connectivity index is 1.87. The largest absolute Gasteiger partial charge is 0.353 e. The Morgan fingerprint density at radius 2 is 2.18 bits per heavy atom. The van der Waals surface area contributed by atoms with Crippen LogP contribution >= 0.6 is 11.6 Å². The SMILES string of the molecule is O=C1CN(C(=O)Cn2cnc3ccc(Cl)cc3c2=O)CCN1. The van der Waals surface area contributed by atoms with Crippen LogP contribution < -0.4 is 10.9 Å². The highest BCUT2D eigenvalue weighted by atomic mass is 35.5. The summed E-state index contributed by atoms with van der Waals surface area (Å²) in [6.07, 6.45) is 1.33. The second kappa shape index (κ2) is 5.76. The van der Waals surface area contributed by atoms with Gasteiger partial charge in [-0.1, -0.05) is 11.6 Å². The van der Waals surface area contributed by atoms with E-state index in [-0.39, 0.29) is 30.5 Å². The van der Waals surface area contributed by atoms with Crippen LogP contribution in [0.2, 0.25) is 5.02 Å². The molecule has 0 aliphatic carbocycles. The van der Waals surface area contributed by atoms with Crippen molar-refractivity contribution in [2.24, 2.45) is 0 Å². The molecule has 1 aliphatic rings. The fourth-order valence-corrected chi connectivity index (χ4v) is 2.51. The fourth-order valence-electron chi connectivity index (χ4n) is 2.34. The van der Waals surface area contributed by atoms with Crippen molar-refractivity contribution in [2.75, 3.05) is 19.6 Å².